The van der Waals surface area contributed by atoms with Crippen LogP contribution < -0.4 is 5.32 Å². The number of carbonyl (C=O) groups excluding carboxylic acids is 1. The molecule has 0 aromatic carbocycles. The first-order valence-electron chi connectivity index (χ1n) is 5.66. The van der Waals surface area contributed by atoms with E-state index < -0.39 is 0 Å². The third kappa shape index (κ3) is 4.55. The second-order valence-electron chi connectivity index (χ2n) is 3.86. The summed E-state index contributed by atoms with van der Waals surface area (Å²) < 4.78 is 0. The second-order valence-corrected chi connectivity index (χ2v) is 6.65. The summed E-state index contributed by atoms with van der Waals surface area (Å²) in [5, 5.41) is 16.4. The van der Waals surface area contributed by atoms with Gasteiger partial charge < -0.3 is 0 Å². The van der Waals surface area contributed by atoms with E-state index in [2.05, 4.69) is 25.9 Å². The number of hydrogen-bond acceptors (Lipinski definition) is 6. The molecule has 1 saturated heterocycles. The quantitative estimate of drug-likeness (QED) is 0.608. The predicted molar refractivity (Wildman–Crippen MR) is 69.7 cm³/mol. The minimum Gasteiger partial charge on any atom is -0.292 e. The van der Waals surface area contributed by atoms with Crippen molar-refractivity contribution in [2.75, 3.05) is 11.1 Å². The van der Waals surface area contributed by atoms with Crippen LogP contribution in [-0.2, 0) is 4.79 Å². The maximum Gasteiger partial charge on any atom is 0.269 e. The third-order valence-electron chi connectivity index (χ3n) is 2.50. The smallest absolute Gasteiger partial charge is 0.269 e. The van der Waals surface area contributed by atoms with Crippen LogP contribution in [0.4, 0.5) is 5.95 Å². The van der Waals surface area contributed by atoms with Crippen LogP contribution in [0.2, 0.25) is 0 Å². The lowest BCUT2D eigenvalue weighted by Crippen LogP contribution is -2.12. The molecule has 8 heteroatoms. The van der Waals surface area contributed by atoms with E-state index in [0.717, 1.165) is 18.1 Å². The van der Waals surface area contributed by atoms with Crippen LogP contribution in [0, 0.1) is 0 Å². The first-order valence-corrected chi connectivity index (χ1v) is 8.04. The number of carbonyl (C=O) groups is 1. The Balaban J connectivity index is 1.54. The molecule has 1 aliphatic heterocycles. The number of unbranched alkanes of at least 4 members (excludes halogenated alkanes) is 1. The van der Waals surface area contributed by atoms with Crippen LogP contribution in [0.3, 0.4) is 0 Å². The van der Waals surface area contributed by atoms with Crippen molar-refractivity contribution >= 4 is 33.4 Å². The Kier molecular flexibility index (Phi) is 5.11. The summed E-state index contributed by atoms with van der Waals surface area (Å²) in [5.41, 5.74) is 0. The van der Waals surface area contributed by atoms with Crippen molar-refractivity contribution < 1.29 is 4.79 Å². The summed E-state index contributed by atoms with van der Waals surface area (Å²) in [7, 11) is 3.95. The van der Waals surface area contributed by atoms with E-state index in [1.165, 1.54) is 18.6 Å². The van der Waals surface area contributed by atoms with Crippen LogP contribution in [-0.4, -0.2) is 37.5 Å². The molecule has 1 amide bonds. The zero-order valence-corrected chi connectivity index (χ0v) is 11.0. The number of nitrogens with zero attached hydrogens (tertiary/aromatic N) is 3. The first kappa shape index (κ1) is 12.7. The maximum absolute atomic E-state index is 11.5. The van der Waals surface area contributed by atoms with Crippen molar-refractivity contribution in [3.05, 3.63) is 0 Å². The lowest BCUT2D eigenvalue weighted by atomic mass is 10.1. The van der Waals surface area contributed by atoms with Gasteiger partial charge in [-0.3, -0.25) is 10.1 Å². The molecule has 0 spiro atoms. The largest absolute Gasteiger partial charge is 0.292 e. The highest BCUT2D eigenvalue weighted by atomic mass is 33.1. The number of H-pyrrole nitrogens is 1. The van der Waals surface area contributed by atoms with Gasteiger partial charge in [-0.25, -0.2) is 0 Å². The molecular formula is C9H15N5OS2. The predicted octanol–water partition coefficient (Wildman–Crippen LogP) is 1.85. The van der Waals surface area contributed by atoms with Gasteiger partial charge in [-0.05, 0) is 24.5 Å². The van der Waals surface area contributed by atoms with Gasteiger partial charge in [0.15, 0.2) is 0 Å². The molecule has 1 fully saturated rings. The molecule has 6 nitrogen and oxygen atoms in total. The molecule has 0 saturated carbocycles. The molecule has 0 bridgehead atoms. The van der Waals surface area contributed by atoms with Gasteiger partial charge in [0, 0.05) is 17.4 Å². The van der Waals surface area contributed by atoms with Gasteiger partial charge in [0.1, 0.15) is 0 Å². The number of amides is 1. The minimum absolute atomic E-state index is 0.0418. The van der Waals surface area contributed by atoms with Crippen LogP contribution in [0.15, 0.2) is 0 Å². The van der Waals surface area contributed by atoms with E-state index in [9.17, 15) is 4.79 Å². The Morgan fingerprint density at radius 3 is 3.18 bits per heavy atom. The van der Waals surface area contributed by atoms with Gasteiger partial charge in [0.25, 0.3) is 5.95 Å². The number of aromatic nitrogens is 4. The number of anilines is 1. The Bertz CT molecular complexity index is 339. The van der Waals surface area contributed by atoms with Crippen molar-refractivity contribution in [1.82, 2.24) is 20.6 Å². The van der Waals surface area contributed by atoms with E-state index in [1.807, 2.05) is 21.6 Å². The summed E-state index contributed by atoms with van der Waals surface area (Å²) in [6.45, 7) is 0. The van der Waals surface area contributed by atoms with Crippen molar-refractivity contribution in [2.24, 2.45) is 0 Å². The Morgan fingerprint density at radius 2 is 2.47 bits per heavy atom. The highest BCUT2D eigenvalue weighted by Gasteiger charge is 2.15. The lowest BCUT2D eigenvalue weighted by Gasteiger charge is -2.06. The van der Waals surface area contributed by atoms with Crippen molar-refractivity contribution in [2.45, 2.75) is 37.4 Å². The van der Waals surface area contributed by atoms with Crippen molar-refractivity contribution in [1.29, 1.82) is 0 Å². The van der Waals surface area contributed by atoms with E-state index in [4.69, 9.17) is 0 Å². The molecule has 2 rings (SSSR count). The Labute approximate surface area is 107 Å². The number of tetrazole rings is 1. The van der Waals surface area contributed by atoms with Crippen molar-refractivity contribution in [3.8, 4) is 0 Å². The van der Waals surface area contributed by atoms with Gasteiger partial charge in [0.2, 0.25) is 5.91 Å². The standard InChI is InChI=1S/C9H15N5OS2/c15-8(10-9-11-13-14-12-9)4-2-1-3-7-5-6-16-17-7/h7H,1-6H2,(H2,10,11,12,13,14,15)/t7-/m1/s1. The maximum atomic E-state index is 11.5. The molecule has 1 aromatic rings. The average molecular weight is 273 g/mol. The van der Waals surface area contributed by atoms with E-state index in [0.29, 0.717) is 6.42 Å². The van der Waals surface area contributed by atoms with Gasteiger partial charge in [0.05, 0.1) is 0 Å². The third-order valence-corrected chi connectivity index (χ3v) is 5.51. The molecule has 0 radical (unpaired) electrons. The second kappa shape index (κ2) is 6.85. The van der Waals surface area contributed by atoms with Crippen LogP contribution in [0.1, 0.15) is 32.1 Å². The molecule has 1 atom stereocenters. The monoisotopic (exact) mass is 273 g/mol. The molecular weight excluding hydrogens is 258 g/mol. The number of rotatable bonds is 6. The van der Waals surface area contributed by atoms with E-state index in [1.54, 1.807) is 0 Å². The molecule has 0 unspecified atom stereocenters. The Morgan fingerprint density at radius 1 is 1.53 bits per heavy atom. The minimum atomic E-state index is -0.0418. The number of hydrogen-bond donors (Lipinski definition) is 2. The summed E-state index contributed by atoms with van der Waals surface area (Å²) in [6.07, 6.45) is 5.08. The molecule has 1 aliphatic rings. The first-order chi connectivity index (χ1) is 8.34. The van der Waals surface area contributed by atoms with Crippen LogP contribution >= 0.6 is 21.6 Å². The molecule has 94 valence electrons. The highest BCUT2D eigenvalue weighted by Crippen LogP contribution is 2.39. The average Bonchev–Trinajstić information content (AvgIpc) is 2.96. The van der Waals surface area contributed by atoms with E-state index >= 15 is 0 Å². The van der Waals surface area contributed by atoms with E-state index in [-0.39, 0.29) is 11.9 Å². The summed E-state index contributed by atoms with van der Waals surface area (Å²) >= 11 is 0. The van der Waals surface area contributed by atoms with Crippen LogP contribution in [0.25, 0.3) is 0 Å². The normalized spacial score (nSPS) is 19.4. The Hall–Kier alpha value is -0.760. The zero-order chi connectivity index (χ0) is 11.9. The summed E-state index contributed by atoms with van der Waals surface area (Å²) in [5.74, 6) is 1.48. The fourth-order valence-electron chi connectivity index (χ4n) is 1.62. The fraction of sp³-hybridized carbons (Fsp3) is 0.778. The highest BCUT2D eigenvalue weighted by molar-refractivity contribution is 8.77. The summed E-state index contributed by atoms with van der Waals surface area (Å²) in [4.78, 5) is 11.5. The molecule has 1 aromatic heterocycles. The lowest BCUT2D eigenvalue weighted by molar-refractivity contribution is -0.116. The van der Waals surface area contributed by atoms with Gasteiger partial charge in [-0.1, -0.05) is 33.1 Å². The SMILES string of the molecule is O=C(CCCC[C@@H]1CCSS1)Nc1nn[nH]n1. The number of nitrogens with one attached hydrogen (secondary N) is 2. The number of aromatic amines is 1. The van der Waals surface area contributed by atoms with Crippen molar-refractivity contribution in [3.63, 3.8) is 0 Å². The molecule has 2 N–H and O–H groups in total. The molecule has 2 heterocycles. The van der Waals surface area contributed by atoms with Gasteiger partial charge >= 0.3 is 0 Å². The molecule has 17 heavy (non-hydrogen) atoms. The topological polar surface area (TPSA) is 83.6 Å². The summed E-state index contributed by atoms with van der Waals surface area (Å²) in [6, 6.07) is 0. The van der Waals surface area contributed by atoms with Gasteiger partial charge in [-0.2, -0.15) is 5.21 Å². The van der Waals surface area contributed by atoms with Gasteiger partial charge in [-0.15, -0.1) is 5.10 Å². The zero-order valence-electron chi connectivity index (χ0n) is 9.39. The molecule has 0 aliphatic carbocycles. The fourth-order valence-corrected chi connectivity index (χ4v) is 4.65. The van der Waals surface area contributed by atoms with Crippen LogP contribution in [0.5, 0.6) is 0 Å².